The molecule has 4 N–H and O–H groups in total. The lowest BCUT2D eigenvalue weighted by Crippen LogP contribution is -2.48. The molecular weight excluding hydrogens is 276 g/mol. The standard InChI is InChI=1S/C14H26N2O5/c1-3-5-7-10(11(18)9-17)16-13(19)12(8-6-4-2)21-14(15)20/h10,12,17H,3-9H2,1-2H3,(H2,15,20)(H,16,19). The second-order valence-corrected chi connectivity index (χ2v) is 4.90. The third-order valence-corrected chi connectivity index (χ3v) is 3.08. The lowest BCUT2D eigenvalue weighted by Gasteiger charge is -2.21. The number of Topliss-reactive ketones (excluding diaryl/α,β-unsaturated/α-hetero) is 1. The highest BCUT2D eigenvalue weighted by Crippen LogP contribution is 2.08. The van der Waals surface area contributed by atoms with Crippen LogP contribution in [0.25, 0.3) is 0 Å². The number of rotatable bonds is 11. The summed E-state index contributed by atoms with van der Waals surface area (Å²) < 4.78 is 4.79. The molecule has 0 heterocycles. The molecule has 0 aliphatic rings. The van der Waals surface area contributed by atoms with E-state index in [4.69, 9.17) is 15.6 Å². The number of hydrogen-bond donors (Lipinski definition) is 3. The van der Waals surface area contributed by atoms with Crippen LogP contribution < -0.4 is 11.1 Å². The topological polar surface area (TPSA) is 119 Å². The first kappa shape index (κ1) is 19.4. The number of nitrogens with two attached hydrogens (primary N) is 1. The summed E-state index contributed by atoms with van der Waals surface area (Å²) in [6, 6.07) is -0.761. The molecule has 0 rings (SSSR count). The van der Waals surface area contributed by atoms with Crippen LogP contribution in [0.3, 0.4) is 0 Å². The zero-order valence-electron chi connectivity index (χ0n) is 12.8. The van der Waals surface area contributed by atoms with E-state index in [9.17, 15) is 14.4 Å². The quantitative estimate of drug-likeness (QED) is 0.523. The van der Waals surface area contributed by atoms with Crippen molar-refractivity contribution in [3.05, 3.63) is 0 Å². The van der Waals surface area contributed by atoms with E-state index in [1.54, 1.807) is 0 Å². The van der Waals surface area contributed by atoms with Crippen LogP contribution in [-0.4, -0.2) is 41.6 Å². The predicted octanol–water partition coefficient (Wildman–Crippen LogP) is 0.877. The maximum Gasteiger partial charge on any atom is 0.405 e. The fraction of sp³-hybridized carbons (Fsp3) is 0.786. The van der Waals surface area contributed by atoms with Crippen LogP contribution in [0, 0.1) is 0 Å². The number of aliphatic hydroxyl groups is 1. The number of ketones is 1. The van der Waals surface area contributed by atoms with Crippen molar-refractivity contribution in [1.29, 1.82) is 0 Å². The number of hydrogen-bond acceptors (Lipinski definition) is 5. The first-order valence-corrected chi connectivity index (χ1v) is 7.36. The van der Waals surface area contributed by atoms with Gasteiger partial charge in [-0.15, -0.1) is 0 Å². The van der Waals surface area contributed by atoms with Gasteiger partial charge in [-0.3, -0.25) is 9.59 Å². The Kier molecular flexibility index (Phi) is 10.2. The zero-order chi connectivity index (χ0) is 16.3. The Bertz CT molecular complexity index is 346. The summed E-state index contributed by atoms with van der Waals surface area (Å²) in [5, 5.41) is 11.5. The smallest absolute Gasteiger partial charge is 0.405 e. The van der Waals surface area contributed by atoms with E-state index < -0.39 is 36.5 Å². The van der Waals surface area contributed by atoms with Crippen molar-refractivity contribution >= 4 is 17.8 Å². The number of carbonyl (C=O) groups excluding carboxylic acids is 3. The Hall–Kier alpha value is -1.63. The van der Waals surface area contributed by atoms with Crippen LogP contribution in [-0.2, 0) is 14.3 Å². The van der Waals surface area contributed by atoms with Gasteiger partial charge in [-0.25, -0.2) is 4.79 Å². The number of unbranched alkanes of at least 4 members (excludes halogenated alkanes) is 2. The molecule has 122 valence electrons. The first-order chi connectivity index (χ1) is 9.96. The molecule has 0 aliphatic carbocycles. The van der Waals surface area contributed by atoms with Crippen LogP contribution in [0.1, 0.15) is 52.4 Å². The molecule has 0 spiro atoms. The van der Waals surface area contributed by atoms with Crippen molar-refractivity contribution < 1.29 is 24.2 Å². The molecule has 0 aromatic heterocycles. The maximum absolute atomic E-state index is 12.1. The summed E-state index contributed by atoms with van der Waals surface area (Å²) in [4.78, 5) is 34.6. The molecule has 0 aliphatic heterocycles. The molecule has 21 heavy (non-hydrogen) atoms. The fourth-order valence-corrected chi connectivity index (χ4v) is 1.87. The van der Waals surface area contributed by atoms with Crippen LogP contribution in [0.4, 0.5) is 4.79 Å². The summed E-state index contributed by atoms with van der Waals surface area (Å²) in [5.41, 5.74) is 4.95. The Morgan fingerprint density at radius 2 is 1.71 bits per heavy atom. The highest BCUT2D eigenvalue weighted by molar-refractivity contribution is 5.91. The van der Waals surface area contributed by atoms with E-state index in [-0.39, 0.29) is 0 Å². The van der Waals surface area contributed by atoms with E-state index in [1.807, 2.05) is 13.8 Å². The molecule has 2 amide bonds. The minimum Gasteiger partial charge on any atom is -0.436 e. The molecule has 0 aromatic carbocycles. The molecule has 0 aromatic rings. The van der Waals surface area contributed by atoms with Crippen LogP contribution in [0.15, 0.2) is 0 Å². The van der Waals surface area contributed by atoms with Crippen molar-refractivity contribution in [2.24, 2.45) is 5.73 Å². The van der Waals surface area contributed by atoms with Crippen molar-refractivity contribution in [2.45, 2.75) is 64.5 Å². The number of primary amides is 1. The normalized spacial score (nSPS) is 13.3. The van der Waals surface area contributed by atoms with Crippen LogP contribution >= 0.6 is 0 Å². The lowest BCUT2D eigenvalue weighted by atomic mass is 10.0. The number of aliphatic hydroxyl groups excluding tert-OH is 1. The summed E-state index contributed by atoms with van der Waals surface area (Å²) in [7, 11) is 0. The minimum absolute atomic E-state index is 0.346. The third kappa shape index (κ3) is 8.29. The van der Waals surface area contributed by atoms with Gasteiger partial charge in [0.2, 0.25) is 0 Å². The van der Waals surface area contributed by atoms with Gasteiger partial charge in [0.05, 0.1) is 6.04 Å². The monoisotopic (exact) mass is 302 g/mol. The minimum atomic E-state index is -1.02. The first-order valence-electron chi connectivity index (χ1n) is 7.36. The highest BCUT2D eigenvalue weighted by Gasteiger charge is 2.26. The average Bonchev–Trinajstić information content (AvgIpc) is 2.46. The number of carbonyl (C=O) groups is 3. The van der Waals surface area contributed by atoms with Gasteiger partial charge in [0, 0.05) is 0 Å². The zero-order valence-corrected chi connectivity index (χ0v) is 12.8. The third-order valence-electron chi connectivity index (χ3n) is 3.08. The number of amides is 2. The number of nitrogens with one attached hydrogen (secondary N) is 1. The van der Waals surface area contributed by atoms with Gasteiger partial charge < -0.3 is 20.9 Å². The molecule has 0 saturated heterocycles. The SMILES string of the molecule is CCCCC(NC(=O)C(CCCC)OC(N)=O)C(=O)CO. The number of ether oxygens (including phenoxy) is 1. The second kappa shape index (κ2) is 11.1. The van der Waals surface area contributed by atoms with E-state index in [1.165, 1.54) is 0 Å². The predicted molar refractivity (Wildman–Crippen MR) is 77.5 cm³/mol. The molecule has 0 bridgehead atoms. The average molecular weight is 302 g/mol. The Morgan fingerprint density at radius 1 is 1.14 bits per heavy atom. The summed E-state index contributed by atoms with van der Waals surface area (Å²) >= 11 is 0. The van der Waals surface area contributed by atoms with Crippen molar-refractivity contribution in [3.8, 4) is 0 Å². The molecule has 2 atom stereocenters. The Balaban J connectivity index is 4.70. The van der Waals surface area contributed by atoms with E-state index in [0.29, 0.717) is 19.3 Å². The Morgan fingerprint density at radius 3 is 2.19 bits per heavy atom. The van der Waals surface area contributed by atoms with E-state index in [2.05, 4.69) is 5.32 Å². The summed E-state index contributed by atoms with van der Waals surface area (Å²) in [6.45, 7) is 3.27. The van der Waals surface area contributed by atoms with Gasteiger partial charge in [0.1, 0.15) is 6.61 Å². The van der Waals surface area contributed by atoms with Gasteiger partial charge in [-0.1, -0.05) is 33.1 Å². The molecule has 2 unspecified atom stereocenters. The van der Waals surface area contributed by atoms with Gasteiger partial charge in [0.15, 0.2) is 11.9 Å². The fourth-order valence-electron chi connectivity index (χ4n) is 1.87. The lowest BCUT2D eigenvalue weighted by molar-refractivity contribution is -0.134. The van der Waals surface area contributed by atoms with E-state index in [0.717, 1.165) is 19.3 Å². The molecule has 0 saturated carbocycles. The van der Waals surface area contributed by atoms with Gasteiger partial charge in [-0.2, -0.15) is 0 Å². The summed E-state index contributed by atoms with van der Waals surface area (Å²) in [5.74, 6) is -1.00. The summed E-state index contributed by atoms with van der Waals surface area (Å²) in [6.07, 6.45) is 1.90. The molecular formula is C14H26N2O5. The van der Waals surface area contributed by atoms with Crippen molar-refractivity contribution in [3.63, 3.8) is 0 Å². The molecule has 0 fully saturated rings. The van der Waals surface area contributed by atoms with Gasteiger partial charge in [0.25, 0.3) is 5.91 Å². The van der Waals surface area contributed by atoms with Gasteiger partial charge >= 0.3 is 6.09 Å². The largest absolute Gasteiger partial charge is 0.436 e. The van der Waals surface area contributed by atoms with Gasteiger partial charge in [-0.05, 0) is 19.3 Å². The van der Waals surface area contributed by atoms with Crippen molar-refractivity contribution in [2.75, 3.05) is 6.61 Å². The molecule has 7 nitrogen and oxygen atoms in total. The van der Waals surface area contributed by atoms with E-state index >= 15 is 0 Å². The molecule has 7 heteroatoms. The Labute approximate surface area is 125 Å². The van der Waals surface area contributed by atoms with Crippen LogP contribution in [0.5, 0.6) is 0 Å². The highest BCUT2D eigenvalue weighted by atomic mass is 16.6. The second-order valence-electron chi connectivity index (χ2n) is 4.90. The molecule has 0 radical (unpaired) electrons. The van der Waals surface area contributed by atoms with Crippen LogP contribution in [0.2, 0.25) is 0 Å². The van der Waals surface area contributed by atoms with Crippen molar-refractivity contribution in [1.82, 2.24) is 5.32 Å². The maximum atomic E-state index is 12.1.